The van der Waals surface area contributed by atoms with E-state index in [0.717, 1.165) is 51.3 Å². The third kappa shape index (κ3) is 4.14. The van der Waals surface area contributed by atoms with Crippen LogP contribution in [0.3, 0.4) is 0 Å². The number of hydrogen-bond acceptors (Lipinski definition) is 6. The van der Waals surface area contributed by atoms with Crippen molar-refractivity contribution >= 4 is 17.7 Å². The van der Waals surface area contributed by atoms with Crippen molar-refractivity contribution in [3.8, 4) is 0 Å². The Bertz CT molecular complexity index is 560. The van der Waals surface area contributed by atoms with Gasteiger partial charge in [0.2, 0.25) is 11.9 Å². The molecule has 2 fully saturated rings. The van der Waals surface area contributed by atoms with E-state index in [0.29, 0.717) is 12.5 Å². The van der Waals surface area contributed by atoms with Crippen molar-refractivity contribution in [2.45, 2.75) is 31.7 Å². The Morgan fingerprint density at radius 1 is 1.33 bits per heavy atom. The fourth-order valence-electron chi connectivity index (χ4n) is 3.27. The number of nitrogens with zero attached hydrogens (tertiary/aromatic N) is 4. The molecule has 1 aromatic heterocycles. The molecule has 1 amide bonds. The monoisotopic (exact) mass is 333 g/mol. The first-order valence-electron chi connectivity index (χ1n) is 8.77. The number of carbonyl (C=O) groups is 1. The molecule has 1 N–H and O–H groups in total. The summed E-state index contributed by atoms with van der Waals surface area (Å²) in [4.78, 5) is 25.7. The Balaban J connectivity index is 1.61. The third-order valence-electron chi connectivity index (χ3n) is 4.73. The van der Waals surface area contributed by atoms with Gasteiger partial charge in [-0.25, -0.2) is 4.98 Å². The average Bonchev–Trinajstić information content (AvgIpc) is 2.63. The van der Waals surface area contributed by atoms with Gasteiger partial charge in [0.1, 0.15) is 5.82 Å². The zero-order valence-electron chi connectivity index (χ0n) is 14.6. The van der Waals surface area contributed by atoms with Crippen LogP contribution in [0.5, 0.6) is 0 Å². The van der Waals surface area contributed by atoms with E-state index in [1.807, 2.05) is 25.1 Å². The summed E-state index contributed by atoms with van der Waals surface area (Å²) in [5.41, 5.74) is 0. The number of hydrogen-bond donors (Lipinski definition) is 1. The average molecular weight is 333 g/mol. The fourth-order valence-corrected chi connectivity index (χ4v) is 3.27. The summed E-state index contributed by atoms with van der Waals surface area (Å²) >= 11 is 0. The molecule has 0 aliphatic carbocycles. The lowest BCUT2D eigenvalue weighted by atomic mass is 9.96. The first-order chi connectivity index (χ1) is 11.6. The summed E-state index contributed by atoms with van der Waals surface area (Å²) in [5.74, 6) is 1.77. The number of nitrogens with one attached hydrogen (secondary N) is 1. The van der Waals surface area contributed by atoms with E-state index < -0.39 is 0 Å². The molecule has 0 spiro atoms. The summed E-state index contributed by atoms with van der Waals surface area (Å²) in [7, 11) is 3.93. The number of anilines is 2. The molecule has 1 aromatic rings. The second-order valence-electron chi connectivity index (χ2n) is 6.79. The first-order valence-corrected chi connectivity index (χ1v) is 8.77. The van der Waals surface area contributed by atoms with Crippen molar-refractivity contribution in [1.82, 2.24) is 15.3 Å². The lowest BCUT2D eigenvalue weighted by molar-refractivity contribution is -0.126. The van der Waals surface area contributed by atoms with Gasteiger partial charge < -0.3 is 19.9 Å². The molecule has 3 heterocycles. The predicted molar refractivity (Wildman–Crippen MR) is 93.3 cm³/mol. The molecule has 3 rings (SSSR count). The Morgan fingerprint density at radius 3 is 2.88 bits per heavy atom. The summed E-state index contributed by atoms with van der Waals surface area (Å²) in [6.07, 6.45) is 5.52. The summed E-state index contributed by atoms with van der Waals surface area (Å²) < 4.78 is 5.35. The van der Waals surface area contributed by atoms with Crippen LogP contribution in [0.4, 0.5) is 11.8 Å². The molecule has 0 saturated carbocycles. The van der Waals surface area contributed by atoms with Crippen LogP contribution in [0, 0.1) is 5.92 Å². The van der Waals surface area contributed by atoms with Crippen LogP contribution in [0.15, 0.2) is 12.3 Å². The molecule has 2 aliphatic rings. The van der Waals surface area contributed by atoms with Crippen LogP contribution in [0.2, 0.25) is 0 Å². The van der Waals surface area contributed by atoms with Crippen LogP contribution in [0.25, 0.3) is 0 Å². The Hall–Kier alpha value is -1.89. The molecule has 0 radical (unpaired) electrons. The number of piperidine rings is 1. The van der Waals surface area contributed by atoms with Gasteiger partial charge >= 0.3 is 0 Å². The van der Waals surface area contributed by atoms with Gasteiger partial charge in [-0.3, -0.25) is 4.79 Å². The molecule has 1 unspecified atom stereocenters. The maximum absolute atomic E-state index is 12.6. The van der Waals surface area contributed by atoms with E-state index in [-0.39, 0.29) is 17.9 Å². The molecule has 24 heavy (non-hydrogen) atoms. The first kappa shape index (κ1) is 17.0. The molecular weight excluding hydrogens is 306 g/mol. The quantitative estimate of drug-likeness (QED) is 0.888. The summed E-state index contributed by atoms with van der Waals surface area (Å²) in [6.45, 7) is 3.07. The molecule has 132 valence electrons. The molecule has 2 saturated heterocycles. The van der Waals surface area contributed by atoms with Crippen molar-refractivity contribution in [3.05, 3.63) is 12.3 Å². The Morgan fingerprint density at radius 2 is 2.12 bits per heavy atom. The molecule has 0 bridgehead atoms. The highest BCUT2D eigenvalue weighted by Crippen LogP contribution is 2.22. The third-order valence-corrected chi connectivity index (χ3v) is 4.73. The molecule has 7 nitrogen and oxygen atoms in total. The predicted octanol–water partition coefficient (Wildman–Crippen LogP) is 1.05. The number of carbonyl (C=O) groups excluding carboxylic acids is 1. The summed E-state index contributed by atoms with van der Waals surface area (Å²) in [6, 6.07) is 2.15. The van der Waals surface area contributed by atoms with Gasteiger partial charge in [-0.2, -0.15) is 4.98 Å². The van der Waals surface area contributed by atoms with Gasteiger partial charge in [-0.15, -0.1) is 0 Å². The van der Waals surface area contributed by atoms with Crippen LogP contribution >= 0.6 is 0 Å². The standard InChI is InChI=1S/C17H27N5O2/c1-21(2)15-5-8-18-17(20-15)22-9-3-4-13(12-22)16(23)19-14-6-10-24-11-7-14/h5,8,13-14H,3-4,6-7,9-12H2,1-2H3,(H,19,23). The maximum atomic E-state index is 12.6. The van der Waals surface area contributed by atoms with E-state index in [1.165, 1.54) is 0 Å². The van der Waals surface area contributed by atoms with Crippen LogP contribution in [-0.4, -0.2) is 62.3 Å². The highest BCUT2D eigenvalue weighted by atomic mass is 16.5. The molecular formula is C17H27N5O2. The van der Waals surface area contributed by atoms with Gasteiger partial charge in [0.25, 0.3) is 0 Å². The van der Waals surface area contributed by atoms with Gasteiger partial charge in [0.15, 0.2) is 0 Å². The minimum Gasteiger partial charge on any atom is -0.381 e. The van der Waals surface area contributed by atoms with Crippen molar-refractivity contribution in [2.24, 2.45) is 5.92 Å². The SMILES string of the molecule is CN(C)c1ccnc(N2CCCC(C(=O)NC3CCOCC3)C2)n1. The number of ether oxygens (including phenoxy) is 1. The lowest BCUT2D eigenvalue weighted by Gasteiger charge is -2.33. The molecule has 0 aromatic carbocycles. The van der Waals surface area contributed by atoms with Gasteiger partial charge in [0, 0.05) is 52.6 Å². The van der Waals surface area contributed by atoms with Gasteiger partial charge in [-0.05, 0) is 31.7 Å². The second-order valence-corrected chi connectivity index (χ2v) is 6.79. The van der Waals surface area contributed by atoms with Crippen LogP contribution in [0.1, 0.15) is 25.7 Å². The number of rotatable bonds is 4. The zero-order chi connectivity index (χ0) is 16.9. The number of aromatic nitrogens is 2. The van der Waals surface area contributed by atoms with E-state index in [9.17, 15) is 4.79 Å². The Labute approximate surface area is 143 Å². The highest BCUT2D eigenvalue weighted by Gasteiger charge is 2.29. The highest BCUT2D eigenvalue weighted by molar-refractivity contribution is 5.79. The topological polar surface area (TPSA) is 70.6 Å². The van der Waals surface area contributed by atoms with Crippen LogP contribution in [-0.2, 0) is 9.53 Å². The minimum absolute atomic E-state index is 0.00760. The van der Waals surface area contributed by atoms with Crippen molar-refractivity contribution in [2.75, 3.05) is 50.2 Å². The normalized spacial score (nSPS) is 22.2. The van der Waals surface area contributed by atoms with E-state index >= 15 is 0 Å². The van der Waals surface area contributed by atoms with E-state index in [1.54, 1.807) is 6.20 Å². The lowest BCUT2D eigenvalue weighted by Crippen LogP contribution is -2.47. The van der Waals surface area contributed by atoms with Crippen LogP contribution < -0.4 is 15.1 Å². The second kappa shape index (κ2) is 7.79. The van der Waals surface area contributed by atoms with Crippen molar-refractivity contribution in [1.29, 1.82) is 0 Å². The molecule has 7 heteroatoms. The van der Waals surface area contributed by atoms with Gasteiger partial charge in [0.05, 0.1) is 5.92 Å². The minimum atomic E-state index is 0.00760. The van der Waals surface area contributed by atoms with E-state index in [2.05, 4.69) is 20.2 Å². The van der Waals surface area contributed by atoms with E-state index in [4.69, 9.17) is 4.74 Å². The van der Waals surface area contributed by atoms with Crippen molar-refractivity contribution in [3.63, 3.8) is 0 Å². The largest absolute Gasteiger partial charge is 0.381 e. The fraction of sp³-hybridized carbons (Fsp3) is 0.706. The maximum Gasteiger partial charge on any atom is 0.227 e. The molecule has 2 aliphatic heterocycles. The summed E-state index contributed by atoms with van der Waals surface area (Å²) in [5, 5.41) is 3.20. The molecule has 1 atom stereocenters. The smallest absolute Gasteiger partial charge is 0.227 e. The Kier molecular flexibility index (Phi) is 5.50. The van der Waals surface area contributed by atoms with Crippen molar-refractivity contribution < 1.29 is 9.53 Å². The zero-order valence-corrected chi connectivity index (χ0v) is 14.6. The number of amides is 1. The van der Waals surface area contributed by atoms with Gasteiger partial charge in [-0.1, -0.05) is 0 Å².